The summed E-state index contributed by atoms with van der Waals surface area (Å²) in [7, 11) is -3.04. The van der Waals surface area contributed by atoms with E-state index < -0.39 is 9.84 Å². The molecule has 2 aliphatic rings. The van der Waals surface area contributed by atoms with Crippen molar-refractivity contribution in [3.8, 4) is 0 Å². The second kappa shape index (κ2) is 4.21. The Bertz CT molecular complexity index is 660. The number of rotatable bonds is 1. The molecule has 1 aromatic rings. The molecule has 0 saturated carbocycles. The van der Waals surface area contributed by atoms with Gasteiger partial charge in [0.15, 0.2) is 15.0 Å². The number of amidine groups is 1. The zero-order valence-corrected chi connectivity index (χ0v) is 11.9. The van der Waals surface area contributed by atoms with Crippen LogP contribution in [0.25, 0.3) is 0 Å². The van der Waals surface area contributed by atoms with Crippen LogP contribution in [0.4, 0.5) is 10.1 Å². The third-order valence-corrected chi connectivity index (χ3v) is 6.65. The summed E-state index contributed by atoms with van der Waals surface area (Å²) < 4.78 is 37.0. The van der Waals surface area contributed by atoms with Gasteiger partial charge in [-0.3, -0.25) is 5.41 Å². The van der Waals surface area contributed by atoms with Crippen LogP contribution in [-0.4, -0.2) is 36.4 Å². The van der Waals surface area contributed by atoms with Crippen molar-refractivity contribution in [3.63, 3.8) is 0 Å². The second-order valence-corrected chi connectivity index (χ2v) is 8.29. The Labute approximate surface area is 115 Å². The summed E-state index contributed by atoms with van der Waals surface area (Å²) in [5, 5.41) is 8.16. The third kappa shape index (κ3) is 2.14. The Kier molecular flexibility index (Phi) is 2.86. The van der Waals surface area contributed by atoms with Gasteiger partial charge in [-0.05, 0) is 24.6 Å². The molecule has 4 nitrogen and oxygen atoms in total. The van der Waals surface area contributed by atoms with Gasteiger partial charge in [0, 0.05) is 10.9 Å². The molecule has 0 bridgehead atoms. The van der Waals surface area contributed by atoms with E-state index in [9.17, 15) is 12.8 Å². The lowest BCUT2D eigenvalue weighted by Gasteiger charge is -2.24. The predicted octanol–water partition coefficient (Wildman–Crippen LogP) is 1.79. The average Bonchev–Trinajstić information content (AvgIpc) is 2.73. The van der Waals surface area contributed by atoms with Gasteiger partial charge in [-0.15, -0.1) is 0 Å². The largest absolute Gasteiger partial charge is 0.316 e. The van der Waals surface area contributed by atoms with Crippen molar-refractivity contribution >= 4 is 32.5 Å². The minimum absolute atomic E-state index is 0.0442. The van der Waals surface area contributed by atoms with Crippen LogP contribution in [0.5, 0.6) is 0 Å². The zero-order chi connectivity index (χ0) is 13.8. The second-order valence-electron chi connectivity index (χ2n) is 4.91. The fourth-order valence-corrected chi connectivity index (χ4v) is 6.33. The molecule has 0 aliphatic carbocycles. The fourth-order valence-electron chi connectivity index (χ4n) is 2.54. The standard InChI is InChI=1S/C12H13FN2O2S2/c1-7-2-3-8(4-9(7)13)15-10-5-19(16,17)6-11(10)18-12(15)14/h2-4,10-11,14H,5-6H2,1H3/t10-,11-/m0/s1. The average molecular weight is 300 g/mol. The molecule has 2 fully saturated rings. The molecule has 1 aromatic carbocycles. The molecule has 2 atom stereocenters. The van der Waals surface area contributed by atoms with Gasteiger partial charge >= 0.3 is 0 Å². The third-order valence-electron chi connectivity index (χ3n) is 3.52. The summed E-state index contributed by atoms with van der Waals surface area (Å²) in [4.78, 5) is 1.64. The van der Waals surface area contributed by atoms with E-state index in [2.05, 4.69) is 0 Å². The molecule has 2 heterocycles. The van der Waals surface area contributed by atoms with Crippen LogP contribution in [-0.2, 0) is 9.84 Å². The summed E-state index contributed by atoms with van der Waals surface area (Å²) in [6.07, 6.45) is 0. The molecule has 0 amide bonds. The van der Waals surface area contributed by atoms with E-state index >= 15 is 0 Å². The molecule has 2 aliphatic heterocycles. The maximum absolute atomic E-state index is 13.6. The van der Waals surface area contributed by atoms with Crippen molar-refractivity contribution in [2.75, 3.05) is 16.4 Å². The number of nitrogens with one attached hydrogen (secondary N) is 1. The van der Waals surface area contributed by atoms with Gasteiger partial charge < -0.3 is 4.90 Å². The normalized spacial score (nSPS) is 28.7. The van der Waals surface area contributed by atoms with Gasteiger partial charge in [0.25, 0.3) is 0 Å². The summed E-state index contributed by atoms with van der Waals surface area (Å²) in [6, 6.07) is 4.52. The summed E-state index contributed by atoms with van der Waals surface area (Å²) in [5.74, 6) is -0.183. The quantitative estimate of drug-likeness (QED) is 0.859. The number of hydrogen-bond acceptors (Lipinski definition) is 4. The molecule has 7 heteroatoms. The highest BCUT2D eigenvalue weighted by molar-refractivity contribution is 8.15. The van der Waals surface area contributed by atoms with E-state index in [0.717, 1.165) is 0 Å². The lowest BCUT2D eigenvalue weighted by molar-refractivity contribution is 0.601. The highest BCUT2D eigenvalue weighted by atomic mass is 32.2. The highest BCUT2D eigenvalue weighted by Gasteiger charge is 2.48. The van der Waals surface area contributed by atoms with Crippen LogP contribution in [0.3, 0.4) is 0 Å². The number of halogens is 1. The zero-order valence-electron chi connectivity index (χ0n) is 10.3. The van der Waals surface area contributed by atoms with Crippen LogP contribution in [0.2, 0.25) is 0 Å². The topological polar surface area (TPSA) is 61.2 Å². The SMILES string of the molecule is Cc1ccc(N2C(=N)S[C@H]3CS(=O)(=O)C[C@@H]32)cc1F. The van der Waals surface area contributed by atoms with Crippen LogP contribution < -0.4 is 4.90 Å². The van der Waals surface area contributed by atoms with Crippen LogP contribution in [0.1, 0.15) is 5.56 Å². The lowest BCUT2D eigenvalue weighted by Crippen LogP contribution is -2.37. The molecule has 2 saturated heterocycles. The first-order valence-corrected chi connectivity index (χ1v) is 8.58. The first kappa shape index (κ1) is 12.9. The summed E-state index contributed by atoms with van der Waals surface area (Å²) in [5.41, 5.74) is 1.10. The molecule has 3 rings (SSSR count). The lowest BCUT2D eigenvalue weighted by atomic mass is 10.1. The Balaban J connectivity index is 1.99. The number of benzene rings is 1. The van der Waals surface area contributed by atoms with Crippen molar-refractivity contribution in [2.24, 2.45) is 0 Å². The predicted molar refractivity (Wildman–Crippen MR) is 75.2 cm³/mol. The minimum atomic E-state index is -3.04. The smallest absolute Gasteiger partial charge is 0.161 e. The fraction of sp³-hybridized carbons (Fsp3) is 0.417. The van der Waals surface area contributed by atoms with E-state index in [4.69, 9.17) is 5.41 Å². The van der Waals surface area contributed by atoms with Crippen LogP contribution in [0, 0.1) is 18.2 Å². The molecular weight excluding hydrogens is 287 g/mol. The van der Waals surface area contributed by atoms with Gasteiger partial charge in [-0.25, -0.2) is 12.8 Å². The molecule has 1 N–H and O–H groups in total. The van der Waals surface area contributed by atoms with Crippen molar-refractivity contribution in [3.05, 3.63) is 29.6 Å². The summed E-state index contributed by atoms with van der Waals surface area (Å²) in [6.45, 7) is 1.67. The van der Waals surface area contributed by atoms with Gasteiger partial charge in [0.2, 0.25) is 0 Å². The highest BCUT2D eigenvalue weighted by Crippen LogP contribution is 2.40. The van der Waals surface area contributed by atoms with Gasteiger partial charge in [-0.1, -0.05) is 17.8 Å². The van der Waals surface area contributed by atoms with Gasteiger partial charge in [-0.2, -0.15) is 0 Å². The maximum atomic E-state index is 13.6. The van der Waals surface area contributed by atoms with Gasteiger partial charge in [0.1, 0.15) is 5.82 Å². The number of aryl methyl sites for hydroxylation is 1. The molecule has 0 unspecified atom stereocenters. The van der Waals surface area contributed by atoms with Crippen molar-refractivity contribution in [2.45, 2.75) is 18.2 Å². The monoisotopic (exact) mass is 300 g/mol. The van der Waals surface area contributed by atoms with Crippen molar-refractivity contribution in [1.82, 2.24) is 0 Å². The molecule has 0 spiro atoms. The first-order chi connectivity index (χ1) is 8.87. The number of hydrogen-bond donors (Lipinski definition) is 1. The number of nitrogens with zero attached hydrogens (tertiary/aromatic N) is 1. The molecule has 102 valence electrons. The Morgan fingerprint density at radius 2 is 2.16 bits per heavy atom. The van der Waals surface area contributed by atoms with E-state index in [1.807, 2.05) is 0 Å². The van der Waals surface area contributed by atoms with E-state index in [1.165, 1.54) is 17.8 Å². The Morgan fingerprint density at radius 3 is 2.84 bits per heavy atom. The minimum Gasteiger partial charge on any atom is -0.316 e. The number of fused-ring (bicyclic) bond motifs is 1. The van der Waals surface area contributed by atoms with E-state index in [-0.39, 0.29) is 28.6 Å². The number of sulfone groups is 1. The first-order valence-electron chi connectivity index (χ1n) is 5.88. The van der Waals surface area contributed by atoms with E-state index in [1.54, 1.807) is 24.0 Å². The molecular formula is C12H13FN2O2S2. The number of anilines is 1. The van der Waals surface area contributed by atoms with Crippen LogP contribution >= 0.6 is 11.8 Å². The maximum Gasteiger partial charge on any atom is 0.161 e. The van der Waals surface area contributed by atoms with Crippen LogP contribution in [0.15, 0.2) is 18.2 Å². The number of thioether (sulfide) groups is 1. The Morgan fingerprint density at radius 1 is 1.42 bits per heavy atom. The van der Waals surface area contributed by atoms with Gasteiger partial charge in [0.05, 0.1) is 17.5 Å². The van der Waals surface area contributed by atoms with Crippen molar-refractivity contribution < 1.29 is 12.8 Å². The molecule has 19 heavy (non-hydrogen) atoms. The summed E-state index contributed by atoms with van der Waals surface area (Å²) >= 11 is 1.26. The van der Waals surface area contributed by atoms with E-state index in [0.29, 0.717) is 16.4 Å². The molecule has 0 aromatic heterocycles. The molecule has 0 radical (unpaired) electrons. The Hall–Kier alpha value is -1.08. The van der Waals surface area contributed by atoms with Crippen molar-refractivity contribution in [1.29, 1.82) is 5.41 Å².